The second-order valence-electron chi connectivity index (χ2n) is 8.09. The van der Waals surface area contributed by atoms with Crippen molar-refractivity contribution in [2.45, 2.75) is 20.8 Å². The Balaban J connectivity index is 1.45. The summed E-state index contributed by atoms with van der Waals surface area (Å²) in [6.07, 6.45) is 5.60. The van der Waals surface area contributed by atoms with Crippen LogP contribution in [0.3, 0.4) is 0 Å². The summed E-state index contributed by atoms with van der Waals surface area (Å²) >= 11 is 0. The first kappa shape index (κ1) is 18.4. The first-order valence-electron chi connectivity index (χ1n) is 9.52. The molecule has 7 heteroatoms. The highest BCUT2D eigenvalue weighted by Gasteiger charge is 2.28. The normalized spacial score (nSPS) is 15.8. The van der Waals surface area contributed by atoms with Crippen LogP contribution in [0.15, 0.2) is 42.9 Å². The summed E-state index contributed by atoms with van der Waals surface area (Å²) in [5, 5.41) is 2.84. The fourth-order valence-corrected chi connectivity index (χ4v) is 3.13. The molecule has 0 amide bonds. The van der Waals surface area contributed by atoms with Crippen LogP contribution in [0.25, 0.3) is 22.2 Å². The summed E-state index contributed by atoms with van der Waals surface area (Å²) in [7, 11) is 0. The number of carbonyl (C=O) groups is 1. The van der Waals surface area contributed by atoms with E-state index in [-0.39, 0.29) is 5.97 Å². The Morgan fingerprint density at radius 3 is 2.61 bits per heavy atom. The molecule has 1 fully saturated rings. The number of hydrogen-bond acceptors (Lipinski definition) is 6. The van der Waals surface area contributed by atoms with Gasteiger partial charge in [-0.3, -0.25) is 0 Å². The van der Waals surface area contributed by atoms with E-state index in [4.69, 9.17) is 4.84 Å². The van der Waals surface area contributed by atoms with E-state index in [0.717, 1.165) is 41.1 Å². The molecule has 1 aliphatic rings. The van der Waals surface area contributed by atoms with Gasteiger partial charge in [0.1, 0.15) is 11.5 Å². The lowest BCUT2D eigenvalue weighted by Crippen LogP contribution is -2.48. The Morgan fingerprint density at radius 2 is 1.86 bits per heavy atom. The molecule has 0 saturated carbocycles. The average Bonchev–Trinajstić information content (AvgIpc) is 3.16. The van der Waals surface area contributed by atoms with Gasteiger partial charge in [0.2, 0.25) is 0 Å². The van der Waals surface area contributed by atoms with E-state index in [0.29, 0.717) is 13.1 Å². The molecule has 4 rings (SSSR count). The molecule has 0 aromatic carbocycles. The highest BCUT2D eigenvalue weighted by atomic mass is 16.7. The van der Waals surface area contributed by atoms with Gasteiger partial charge in [0.05, 0.1) is 18.5 Å². The quantitative estimate of drug-likeness (QED) is 0.753. The number of fused-ring (bicyclic) bond motifs is 1. The Bertz CT molecular complexity index is 984. The number of carbonyl (C=O) groups excluding carboxylic acids is 1. The number of hydroxylamine groups is 2. The Labute approximate surface area is 164 Å². The molecule has 1 saturated heterocycles. The van der Waals surface area contributed by atoms with Crippen LogP contribution in [0, 0.1) is 5.41 Å². The number of aromatic amines is 1. The second-order valence-corrected chi connectivity index (χ2v) is 8.09. The smallest absolute Gasteiger partial charge is 0.330 e. The summed E-state index contributed by atoms with van der Waals surface area (Å²) in [4.78, 5) is 31.9. The van der Waals surface area contributed by atoms with E-state index < -0.39 is 5.41 Å². The van der Waals surface area contributed by atoms with Crippen molar-refractivity contribution >= 4 is 22.8 Å². The van der Waals surface area contributed by atoms with Crippen molar-refractivity contribution in [1.82, 2.24) is 20.0 Å². The number of nitrogens with zero attached hydrogens (tertiary/aromatic N) is 4. The van der Waals surface area contributed by atoms with Crippen molar-refractivity contribution in [3.05, 3.63) is 42.9 Å². The largest absolute Gasteiger partial charge is 0.367 e. The van der Waals surface area contributed by atoms with Gasteiger partial charge in [0.15, 0.2) is 0 Å². The zero-order valence-electron chi connectivity index (χ0n) is 16.5. The second kappa shape index (κ2) is 7.24. The van der Waals surface area contributed by atoms with E-state index in [1.54, 1.807) is 5.06 Å². The number of rotatable bonds is 3. The number of anilines is 1. The number of H-pyrrole nitrogens is 1. The van der Waals surface area contributed by atoms with Crippen LogP contribution in [0.1, 0.15) is 20.8 Å². The zero-order valence-corrected chi connectivity index (χ0v) is 16.5. The van der Waals surface area contributed by atoms with Gasteiger partial charge in [-0.2, -0.15) is 0 Å². The molecule has 0 spiro atoms. The molecule has 3 aromatic rings. The molecule has 146 valence electrons. The van der Waals surface area contributed by atoms with Gasteiger partial charge in [0.25, 0.3) is 0 Å². The van der Waals surface area contributed by atoms with E-state index in [1.807, 2.05) is 51.5 Å². The van der Waals surface area contributed by atoms with Crippen LogP contribution < -0.4 is 4.90 Å². The van der Waals surface area contributed by atoms with Crippen molar-refractivity contribution in [1.29, 1.82) is 0 Å². The predicted octanol–water partition coefficient (Wildman–Crippen LogP) is 3.25. The molecule has 7 nitrogen and oxygen atoms in total. The van der Waals surface area contributed by atoms with Crippen LogP contribution in [0.2, 0.25) is 0 Å². The van der Waals surface area contributed by atoms with Gasteiger partial charge in [0, 0.05) is 42.6 Å². The lowest BCUT2D eigenvalue weighted by molar-refractivity contribution is -0.201. The molecule has 1 aliphatic heterocycles. The number of pyridine rings is 2. The Morgan fingerprint density at radius 1 is 1.07 bits per heavy atom. The molecule has 4 heterocycles. The molecule has 0 radical (unpaired) electrons. The number of piperazine rings is 1. The molecule has 1 N–H and O–H groups in total. The van der Waals surface area contributed by atoms with Gasteiger partial charge in [-0.1, -0.05) is 0 Å². The highest BCUT2D eigenvalue weighted by Crippen LogP contribution is 2.26. The van der Waals surface area contributed by atoms with Gasteiger partial charge in [-0.05, 0) is 50.6 Å². The van der Waals surface area contributed by atoms with E-state index in [1.165, 1.54) is 0 Å². The molecule has 0 bridgehead atoms. The summed E-state index contributed by atoms with van der Waals surface area (Å²) in [5.41, 5.74) is 2.54. The standard InChI is InChI=1S/C21H25N5O2/c1-21(2,3)20(27)28-26-10-8-25(9-11-26)18-13-15(4-6-22-18)17-12-16-5-7-23-19(16)24-14-17/h4-7,12-14H,8-11H2,1-3H3,(H,23,24). The maximum absolute atomic E-state index is 12.1. The molecule has 28 heavy (non-hydrogen) atoms. The van der Waals surface area contributed by atoms with Crippen molar-refractivity contribution in [2.24, 2.45) is 5.41 Å². The van der Waals surface area contributed by atoms with Crippen molar-refractivity contribution in [2.75, 3.05) is 31.1 Å². The van der Waals surface area contributed by atoms with E-state index >= 15 is 0 Å². The molecule has 0 atom stereocenters. The van der Waals surface area contributed by atoms with Crippen LogP contribution in [0.4, 0.5) is 5.82 Å². The average molecular weight is 379 g/mol. The fourth-order valence-electron chi connectivity index (χ4n) is 3.13. The van der Waals surface area contributed by atoms with Crippen molar-refractivity contribution in [3.8, 4) is 11.1 Å². The monoisotopic (exact) mass is 379 g/mol. The first-order chi connectivity index (χ1) is 13.4. The van der Waals surface area contributed by atoms with Gasteiger partial charge >= 0.3 is 5.97 Å². The van der Waals surface area contributed by atoms with Gasteiger partial charge < -0.3 is 14.7 Å². The number of nitrogens with one attached hydrogen (secondary N) is 1. The minimum absolute atomic E-state index is 0.200. The lowest BCUT2D eigenvalue weighted by Gasteiger charge is -2.35. The SMILES string of the molecule is CC(C)(C)C(=O)ON1CCN(c2cc(-c3cnc4[nH]ccc4c3)ccn2)CC1. The van der Waals surface area contributed by atoms with Crippen LogP contribution in [-0.4, -0.2) is 52.2 Å². The van der Waals surface area contributed by atoms with E-state index in [2.05, 4.69) is 32.0 Å². The minimum Gasteiger partial charge on any atom is -0.367 e. The van der Waals surface area contributed by atoms with Crippen LogP contribution in [-0.2, 0) is 9.63 Å². The summed E-state index contributed by atoms with van der Waals surface area (Å²) in [6.45, 7) is 8.41. The van der Waals surface area contributed by atoms with Gasteiger partial charge in [-0.25, -0.2) is 14.8 Å². The third kappa shape index (κ3) is 3.84. The summed E-state index contributed by atoms with van der Waals surface area (Å²) in [5.74, 6) is 0.724. The van der Waals surface area contributed by atoms with Gasteiger partial charge in [-0.15, -0.1) is 5.06 Å². The maximum atomic E-state index is 12.1. The number of hydrogen-bond donors (Lipinski definition) is 1. The topological polar surface area (TPSA) is 74.3 Å². The van der Waals surface area contributed by atoms with Crippen molar-refractivity contribution < 1.29 is 9.63 Å². The third-order valence-corrected chi connectivity index (χ3v) is 4.87. The number of aromatic nitrogens is 3. The Kier molecular flexibility index (Phi) is 4.77. The van der Waals surface area contributed by atoms with Crippen LogP contribution >= 0.6 is 0 Å². The molecular weight excluding hydrogens is 354 g/mol. The minimum atomic E-state index is -0.498. The first-order valence-corrected chi connectivity index (χ1v) is 9.52. The summed E-state index contributed by atoms with van der Waals surface area (Å²) < 4.78 is 0. The Hall–Kier alpha value is -2.93. The highest BCUT2D eigenvalue weighted by molar-refractivity contribution is 5.81. The fraction of sp³-hybridized carbons (Fsp3) is 0.381. The molecule has 0 unspecified atom stereocenters. The third-order valence-electron chi connectivity index (χ3n) is 4.87. The molecule has 0 aliphatic carbocycles. The predicted molar refractivity (Wildman–Crippen MR) is 109 cm³/mol. The lowest BCUT2D eigenvalue weighted by atomic mass is 9.98. The zero-order chi connectivity index (χ0) is 19.7. The van der Waals surface area contributed by atoms with Crippen molar-refractivity contribution in [3.63, 3.8) is 0 Å². The summed E-state index contributed by atoms with van der Waals surface area (Å²) in [6, 6.07) is 8.24. The van der Waals surface area contributed by atoms with E-state index in [9.17, 15) is 4.79 Å². The van der Waals surface area contributed by atoms with Crippen LogP contribution in [0.5, 0.6) is 0 Å². The molecular formula is C21H25N5O2. The maximum Gasteiger partial charge on any atom is 0.330 e. The molecule has 3 aromatic heterocycles.